The van der Waals surface area contributed by atoms with E-state index in [9.17, 15) is 4.39 Å². The molecule has 1 spiro atoms. The third-order valence-corrected chi connectivity index (χ3v) is 6.00. The van der Waals surface area contributed by atoms with Crippen molar-refractivity contribution in [3.63, 3.8) is 0 Å². The lowest BCUT2D eigenvalue weighted by Crippen LogP contribution is -2.45. The molecule has 3 nitrogen and oxygen atoms in total. The second-order valence-corrected chi connectivity index (χ2v) is 7.44. The van der Waals surface area contributed by atoms with Crippen LogP contribution in [0.2, 0.25) is 5.02 Å². The Hall–Kier alpha value is -0.330. The molecule has 21 heavy (non-hydrogen) atoms. The smallest absolute Gasteiger partial charge is 0.129 e. The van der Waals surface area contributed by atoms with E-state index in [2.05, 4.69) is 5.43 Å². The van der Waals surface area contributed by atoms with Gasteiger partial charge in [-0.25, -0.2) is 4.39 Å². The van der Waals surface area contributed by atoms with E-state index in [1.54, 1.807) is 12.1 Å². The van der Waals surface area contributed by atoms with E-state index in [0.29, 0.717) is 10.6 Å². The molecule has 0 saturated carbocycles. The van der Waals surface area contributed by atoms with Crippen LogP contribution < -0.4 is 11.3 Å². The molecule has 2 saturated heterocycles. The van der Waals surface area contributed by atoms with Crippen molar-refractivity contribution in [2.75, 3.05) is 18.1 Å². The van der Waals surface area contributed by atoms with E-state index >= 15 is 0 Å². The first kappa shape index (κ1) is 15.6. The number of hydrogen-bond donors (Lipinski definition) is 2. The predicted octanol–water partition coefficient (Wildman–Crippen LogP) is 3.29. The van der Waals surface area contributed by atoms with Crippen molar-refractivity contribution in [3.05, 3.63) is 34.6 Å². The van der Waals surface area contributed by atoms with Gasteiger partial charge in [0.15, 0.2) is 0 Å². The number of ether oxygens (including phenoxy) is 1. The summed E-state index contributed by atoms with van der Waals surface area (Å²) in [6.45, 7) is 0.721. The van der Waals surface area contributed by atoms with Gasteiger partial charge in [-0.05, 0) is 43.1 Å². The Kier molecular flexibility index (Phi) is 4.76. The highest BCUT2D eigenvalue weighted by Gasteiger charge is 2.43. The zero-order valence-corrected chi connectivity index (χ0v) is 13.4. The van der Waals surface area contributed by atoms with Crippen molar-refractivity contribution < 1.29 is 9.13 Å². The topological polar surface area (TPSA) is 47.3 Å². The van der Waals surface area contributed by atoms with Crippen LogP contribution in [0.3, 0.4) is 0 Å². The molecular weight excluding hydrogens is 311 g/mol. The molecular formula is C15H20ClFN2OS. The highest BCUT2D eigenvalue weighted by molar-refractivity contribution is 7.99. The monoisotopic (exact) mass is 330 g/mol. The molecule has 6 heteroatoms. The Morgan fingerprint density at radius 3 is 3.05 bits per heavy atom. The fourth-order valence-electron chi connectivity index (χ4n) is 3.45. The van der Waals surface area contributed by atoms with Crippen LogP contribution in [-0.2, 0) is 4.74 Å². The maximum absolute atomic E-state index is 14.2. The summed E-state index contributed by atoms with van der Waals surface area (Å²) in [6.07, 6.45) is 2.90. The number of hydrazine groups is 1. The number of rotatable bonds is 3. The quantitative estimate of drug-likeness (QED) is 0.659. The first-order valence-corrected chi connectivity index (χ1v) is 8.80. The SMILES string of the molecule is NNC(c1ccc(Cl)cc1F)C1CCOC2(CCSC2)C1. The average Bonchev–Trinajstić information content (AvgIpc) is 2.90. The standard InChI is InChI=1S/C15H20ClFN2OS/c16-11-1-2-12(13(17)7-11)14(19-18)10-3-5-20-15(8-10)4-6-21-9-15/h1-2,7,10,14,19H,3-6,8-9,18H2. The molecule has 2 fully saturated rings. The molecule has 1 aromatic rings. The first-order valence-electron chi connectivity index (χ1n) is 7.26. The van der Waals surface area contributed by atoms with Crippen LogP contribution in [0.25, 0.3) is 0 Å². The number of halogens is 2. The Bertz CT molecular complexity index is 510. The fourth-order valence-corrected chi connectivity index (χ4v) is 4.98. The van der Waals surface area contributed by atoms with Crippen LogP contribution >= 0.6 is 23.4 Å². The summed E-state index contributed by atoms with van der Waals surface area (Å²) in [7, 11) is 0. The van der Waals surface area contributed by atoms with Gasteiger partial charge in [0.05, 0.1) is 11.6 Å². The highest BCUT2D eigenvalue weighted by atomic mass is 35.5. The number of thioether (sulfide) groups is 1. The third-order valence-electron chi connectivity index (χ3n) is 4.55. The molecule has 2 aliphatic heterocycles. The molecule has 3 unspecified atom stereocenters. The van der Waals surface area contributed by atoms with Gasteiger partial charge in [0.1, 0.15) is 5.82 Å². The van der Waals surface area contributed by atoms with E-state index in [4.69, 9.17) is 22.2 Å². The third kappa shape index (κ3) is 3.22. The predicted molar refractivity (Wildman–Crippen MR) is 84.8 cm³/mol. The van der Waals surface area contributed by atoms with Gasteiger partial charge in [-0.2, -0.15) is 11.8 Å². The second-order valence-electron chi connectivity index (χ2n) is 5.90. The summed E-state index contributed by atoms with van der Waals surface area (Å²) in [4.78, 5) is 0. The van der Waals surface area contributed by atoms with Crippen LogP contribution in [0.4, 0.5) is 4.39 Å². The minimum atomic E-state index is -0.299. The van der Waals surface area contributed by atoms with Gasteiger partial charge in [0, 0.05) is 22.9 Å². The number of nitrogens with one attached hydrogen (secondary N) is 1. The first-order chi connectivity index (χ1) is 10.1. The van der Waals surface area contributed by atoms with Gasteiger partial charge in [0.2, 0.25) is 0 Å². The van der Waals surface area contributed by atoms with Gasteiger partial charge in [-0.15, -0.1) is 0 Å². The molecule has 0 amide bonds. The molecule has 2 heterocycles. The minimum absolute atomic E-state index is 0.0361. The maximum atomic E-state index is 14.2. The maximum Gasteiger partial charge on any atom is 0.129 e. The molecule has 2 aliphatic rings. The lowest BCUT2D eigenvalue weighted by Gasteiger charge is -2.41. The van der Waals surface area contributed by atoms with Gasteiger partial charge < -0.3 is 4.74 Å². The Morgan fingerprint density at radius 1 is 1.52 bits per heavy atom. The molecule has 3 N–H and O–H groups in total. The normalized spacial score (nSPS) is 30.7. The van der Waals surface area contributed by atoms with E-state index in [-0.39, 0.29) is 23.4 Å². The van der Waals surface area contributed by atoms with Crippen molar-refractivity contribution in [2.45, 2.75) is 30.9 Å². The molecule has 0 radical (unpaired) electrons. The molecule has 116 valence electrons. The zero-order valence-electron chi connectivity index (χ0n) is 11.8. The molecule has 1 aromatic carbocycles. The Balaban J connectivity index is 1.82. The Labute approximate surface area is 133 Å². The summed E-state index contributed by atoms with van der Waals surface area (Å²) < 4.78 is 20.2. The minimum Gasteiger partial charge on any atom is -0.374 e. The van der Waals surface area contributed by atoms with Crippen LogP contribution in [-0.4, -0.2) is 23.7 Å². The number of hydrogen-bond acceptors (Lipinski definition) is 4. The van der Waals surface area contributed by atoms with Crippen LogP contribution in [0.1, 0.15) is 30.9 Å². The molecule has 3 rings (SSSR count). The molecule has 0 aliphatic carbocycles. The number of nitrogens with two attached hydrogens (primary N) is 1. The summed E-state index contributed by atoms with van der Waals surface area (Å²) >= 11 is 7.77. The summed E-state index contributed by atoms with van der Waals surface area (Å²) in [5.74, 6) is 7.88. The van der Waals surface area contributed by atoms with Crippen molar-refractivity contribution in [2.24, 2.45) is 11.8 Å². The molecule has 3 atom stereocenters. The van der Waals surface area contributed by atoms with E-state index in [0.717, 1.165) is 37.4 Å². The van der Waals surface area contributed by atoms with Gasteiger partial charge in [-0.3, -0.25) is 11.3 Å². The van der Waals surface area contributed by atoms with Crippen molar-refractivity contribution in [1.82, 2.24) is 5.43 Å². The lowest BCUT2D eigenvalue weighted by atomic mass is 9.79. The summed E-state index contributed by atoms with van der Waals surface area (Å²) in [5.41, 5.74) is 3.37. The van der Waals surface area contributed by atoms with E-state index in [1.165, 1.54) is 6.07 Å². The van der Waals surface area contributed by atoms with Crippen molar-refractivity contribution >= 4 is 23.4 Å². The zero-order chi connectivity index (χ0) is 14.9. The van der Waals surface area contributed by atoms with Gasteiger partial charge in [0.25, 0.3) is 0 Å². The van der Waals surface area contributed by atoms with Crippen molar-refractivity contribution in [3.8, 4) is 0 Å². The Morgan fingerprint density at radius 2 is 2.38 bits per heavy atom. The van der Waals surface area contributed by atoms with Crippen molar-refractivity contribution in [1.29, 1.82) is 0 Å². The fraction of sp³-hybridized carbons (Fsp3) is 0.600. The van der Waals surface area contributed by atoms with Crippen LogP contribution in [0.15, 0.2) is 18.2 Å². The average molecular weight is 331 g/mol. The van der Waals surface area contributed by atoms with Gasteiger partial charge in [-0.1, -0.05) is 17.7 Å². The summed E-state index contributed by atoms with van der Waals surface area (Å²) in [5, 5.41) is 0.405. The largest absolute Gasteiger partial charge is 0.374 e. The second kappa shape index (κ2) is 6.42. The molecule has 0 bridgehead atoms. The number of benzene rings is 1. The van der Waals surface area contributed by atoms with E-state index < -0.39 is 0 Å². The van der Waals surface area contributed by atoms with E-state index in [1.807, 2.05) is 11.8 Å². The molecule has 0 aromatic heterocycles. The van der Waals surface area contributed by atoms with Crippen LogP contribution in [0.5, 0.6) is 0 Å². The van der Waals surface area contributed by atoms with Gasteiger partial charge >= 0.3 is 0 Å². The van der Waals surface area contributed by atoms with Crippen LogP contribution in [0, 0.1) is 11.7 Å². The summed E-state index contributed by atoms with van der Waals surface area (Å²) in [6, 6.07) is 4.59. The highest BCUT2D eigenvalue weighted by Crippen LogP contribution is 2.44. The lowest BCUT2D eigenvalue weighted by molar-refractivity contribution is -0.0856.